The summed E-state index contributed by atoms with van der Waals surface area (Å²) in [5.74, 6) is -0.773. The summed E-state index contributed by atoms with van der Waals surface area (Å²) in [6.07, 6.45) is -0.413. The molecule has 4 atom stereocenters. The van der Waals surface area contributed by atoms with E-state index in [2.05, 4.69) is 25.5 Å². The second-order valence-electron chi connectivity index (χ2n) is 14.3. The van der Waals surface area contributed by atoms with Crippen LogP contribution < -0.4 is 17.0 Å². The molecular weight excluding hydrogens is 627 g/mol. The van der Waals surface area contributed by atoms with Gasteiger partial charge in [0, 0.05) is 24.0 Å². The molecule has 248 valence electrons. The average molecular weight is 674 g/mol. The van der Waals surface area contributed by atoms with E-state index in [1.54, 1.807) is 0 Å². The third kappa shape index (κ3) is 6.61. The molecule has 0 aromatic carbocycles. The van der Waals surface area contributed by atoms with Gasteiger partial charge in [-0.25, -0.2) is 18.3 Å². The Morgan fingerprint density at radius 1 is 1.09 bits per heavy atom. The highest BCUT2D eigenvalue weighted by Crippen LogP contribution is 2.52. The number of aryl methyl sites for hydroxylation is 1. The number of aromatic nitrogens is 2. The summed E-state index contributed by atoms with van der Waals surface area (Å²) in [6.45, 7) is 21.6. The minimum absolute atomic E-state index is 0.107. The van der Waals surface area contributed by atoms with E-state index in [0.717, 1.165) is 33.9 Å². The van der Waals surface area contributed by atoms with Crippen molar-refractivity contribution in [1.82, 2.24) is 9.13 Å². The zero-order chi connectivity index (χ0) is 33.8. The van der Waals surface area contributed by atoms with Crippen molar-refractivity contribution in [3.05, 3.63) is 49.8 Å². The molecule has 13 nitrogen and oxygen atoms in total. The second kappa shape index (κ2) is 11.8. The van der Waals surface area contributed by atoms with E-state index in [4.69, 9.17) is 23.5 Å². The van der Waals surface area contributed by atoms with Crippen LogP contribution in [0.4, 0.5) is 0 Å². The molecule has 0 saturated carbocycles. The van der Waals surface area contributed by atoms with Gasteiger partial charge in [-0.15, -0.1) is 0 Å². The van der Waals surface area contributed by atoms with Gasteiger partial charge in [0.1, 0.15) is 12.2 Å². The van der Waals surface area contributed by atoms with Crippen LogP contribution in [0.3, 0.4) is 0 Å². The maximum absolute atomic E-state index is 13.9. The summed E-state index contributed by atoms with van der Waals surface area (Å²) in [6, 6.07) is 0. The Kier molecular flexibility index (Phi) is 9.67. The van der Waals surface area contributed by atoms with Crippen molar-refractivity contribution in [2.75, 3.05) is 13.7 Å². The number of methoxy groups -OCH3 is 1. The Balaban J connectivity index is 2.32. The Labute approximate surface area is 261 Å². The van der Waals surface area contributed by atoms with Crippen molar-refractivity contribution < 1.29 is 35.7 Å². The fourth-order valence-electron chi connectivity index (χ4n) is 4.45. The van der Waals surface area contributed by atoms with Gasteiger partial charge in [0.15, 0.2) is 28.5 Å². The second-order valence-corrected chi connectivity index (χ2v) is 25.3. The molecule has 2 N–H and O–H groups in total. The molecule has 16 heteroatoms. The van der Waals surface area contributed by atoms with E-state index in [1.807, 2.05) is 47.0 Å². The highest BCUT2D eigenvalue weighted by atomic mass is 32.2. The molecule has 1 spiro atoms. The Morgan fingerprint density at radius 2 is 1.66 bits per heavy atom. The van der Waals surface area contributed by atoms with Crippen LogP contribution in [0.2, 0.25) is 36.3 Å². The van der Waals surface area contributed by atoms with Crippen LogP contribution in [0.25, 0.3) is 6.20 Å². The Bertz CT molecular complexity index is 1580. The monoisotopic (exact) mass is 673 g/mol. The van der Waals surface area contributed by atoms with E-state index >= 15 is 0 Å². The van der Waals surface area contributed by atoms with Crippen LogP contribution in [0, 0.1) is 6.92 Å². The third-order valence-corrected chi connectivity index (χ3v) is 19.2. The Morgan fingerprint density at radius 3 is 2.14 bits per heavy atom. The quantitative estimate of drug-likeness (QED) is 0.186. The minimum Gasteiger partial charge on any atom is -0.466 e. The Hall–Kier alpha value is -2.35. The van der Waals surface area contributed by atoms with Gasteiger partial charge in [0.05, 0.1) is 24.8 Å². The van der Waals surface area contributed by atoms with Gasteiger partial charge in [0.25, 0.3) is 15.7 Å². The van der Waals surface area contributed by atoms with Gasteiger partial charge in [-0.2, -0.15) is 8.42 Å². The first-order valence-electron chi connectivity index (χ1n) is 14.3. The number of ether oxygens (including phenoxy) is 2. The zero-order valence-electron chi connectivity index (χ0n) is 27.7. The SMILES string of the molecule is COC(=O)/C=C/n1c(=O)c(C)cn([C@@H]2OC(CO[Si](C)(C)C(C)(C)C)C3(OS(=O)(=O)C=C3N)[C@H]2O[Si](C)(C)C(C)(C)C)c1=O. The standard InChI is InChI=1S/C28H47N3O10SSi2/c1-18-15-31(25(34)30(23(18)33)14-13-21(32)37-8)24-22(40-44(11,12)27(5,6)7)28(19(29)17-42(35,36)41-28)20(39-24)16-38-43(9,10)26(2,3)4/h13-15,17,20,22,24H,16,29H2,1-12H3/b14-13+/t20?,22-,24+,28?/m0/s1. The fraction of sp³-hybridized carbons (Fsp3) is 0.679. The summed E-state index contributed by atoms with van der Waals surface area (Å²) in [4.78, 5) is 38.7. The lowest BCUT2D eigenvalue weighted by molar-refractivity contribution is -0.134. The third-order valence-electron chi connectivity index (χ3n) is 9.22. The lowest BCUT2D eigenvalue weighted by atomic mass is 9.89. The number of nitrogens with zero attached hydrogens (tertiary/aromatic N) is 2. The number of hydrogen-bond acceptors (Lipinski definition) is 11. The van der Waals surface area contributed by atoms with Gasteiger partial charge >= 0.3 is 11.7 Å². The summed E-state index contributed by atoms with van der Waals surface area (Å²) >= 11 is 0. The molecule has 0 aliphatic carbocycles. The summed E-state index contributed by atoms with van der Waals surface area (Å²) < 4.78 is 58.2. The number of carbonyl (C=O) groups excluding carboxylic acids is 1. The number of hydrogen-bond donors (Lipinski definition) is 1. The molecule has 0 radical (unpaired) electrons. The normalized spacial score (nSPS) is 26.0. The first-order chi connectivity index (χ1) is 19.8. The van der Waals surface area contributed by atoms with E-state index in [0.29, 0.717) is 0 Å². The van der Waals surface area contributed by atoms with Gasteiger partial charge in [-0.05, 0) is 43.2 Å². The highest BCUT2D eigenvalue weighted by molar-refractivity contribution is 7.90. The lowest BCUT2D eigenvalue weighted by Crippen LogP contribution is -2.59. The van der Waals surface area contributed by atoms with E-state index in [1.165, 1.54) is 13.1 Å². The van der Waals surface area contributed by atoms with Crippen LogP contribution in [-0.2, 0) is 37.4 Å². The molecule has 44 heavy (non-hydrogen) atoms. The van der Waals surface area contributed by atoms with Gasteiger partial charge in [-0.3, -0.25) is 9.36 Å². The van der Waals surface area contributed by atoms with Crippen molar-refractivity contribution in [1.29, 1.82) is 0 Å². The molecule has 0 amide bonds. The number of carbonyl (C=O) groups is 1. The predicted octanol–water partition coefficient (Wildman–Crippen LogP) is 3.17. The first-order valence-corrected chi connectivity index (χ1v) is 21.6. The molecule has 1 aromatic rings. The van der Waals surface area contributed by atoms with Crippen molar-refractivity contribution in [3.63, 3.8) is 0 Å². The van der Waals surface area contributed by atoms with Gasteiger partial charge < -0.3 is 24.1 Å². The molecule has 3 heterocycles. The smallest absolute Gasteiger partial charge is 0.337 e. The number of nitrogens with two attached hydrogens (primary N) is 1. The topological polar surface area (TPSA) is 167 Å². The van der Waals surface area contributed by atoms with Crippen LogP contribution in [0.15, 0.2) is 33.0 Å². The number of rotatable bonds is 8. The highest BCUT2D eigenvalue weighted by Gasteiger charge is 2.67. The van der Waals surface area contributed by atoms with E-state index in [9.17, 15) is 22.8 Å². The lowest BCUT2D eigenvalue weighted by Gasteiger charge is -2.43. The van der Waals surface area contributed by atoms with E-state index < -0.39 is 68.0 Å². The van der Waals surface area contributed by atoms with Crippen LogP contribution in [-0.4, -0.2) is 71.7 Å². The summed E-state index contributed by atoms with van der Waals surface area (Å²) in [5, 5.41) is 0.302. The van der Waals surface area contributed by atoms with Crippen molar-refractivity contribution in [2.45, 2.75) is 109 Å². The van der Waals surface area contributed by atoms with E-state index in [-0.39, 0.29) is 27.9 Å². The summed E-state index contributed by atoms with van der Waals surface area (Å²) in [5.41, 5.74) is 3.10. The van der Waals surface area contributed by atoms with Gasteiger partial charge in [-0.1, -0.05) is 41.5 Å². The predicted molar refractivity (Wildman–Crippen MR) is 171 cm³/mol. The van der Waals surface area contributed by atoms with Crippen molar-refractivity contribution in [2.24, 2.45) is 5.73 Å². The molecular formula is C28H47N3O10SSi2. The first kappa shape index (κ1) is 36.1. The maximum Gasteiger partial charge on any atom is 0.337 e. The molecule has 1 fully saturated rings. The zero-order valence-corrected chi connectivity index (χ0v) is 30.5. The van der Waals surface area contributed by atoms with Crippen LogP contribution in [0.5, 0.6) is 0 Å². The maximum atomic E-state index is 13.9. The van der Waals surface area contributed by atoms with Gasteiger partial charge in [0.2, 0.25) is 0 Å². The summed E-state index contributed by atoms with van der Waals surface area (Å²) in [7, 11) is -8.26. The largest absolute Gasteiger partial charge is 0.466 e. The van der Waals surface area contributed by atoms with Crippen molar-refractivity contribution >= 4 is 38.9 Å². The minimum atomic E-state index is -4.27. The van der Waals surface area contributed by atoms with Crippen LogP contribution in [0.1, 0.15) is 53.3 Å². The number of esters is 1. The molecule has 3 rings (SSSR count). The average Bonchev–Trinajstić information content (AvgIpc) is 3.29. The fourth-order valence-corrected chi connectivity index (χ4v) is 7.96. The molecule has 1 aromatic heterocycles. The van der Waals surface area contributed by atoms with Crippen LogP contribution >= 0.6 is 0 Å². The molecule has 2 aliphatic rings. The molecule has 0 bridgehead atoms. The molecule has 2 unspecified atom stereocenters. The van der Waals surface area contributed by atoms with Crippen molar-refractivity contribution in [3.8, 4) is 0 Å². The molecule has 1 saturated heterocycles. The molecule has 2 aliphatic heterocycles.